The molecule has 0 aliphatic heterocycles. The average Bonchev–Trinajstić information content (AvgIpc) is 2.93. The molecule has 1 aromatic heterocycles. The number of rotatable bonds is 7. The summed E-state index contributed by atoms with van der Waals surface area (Å²) in [6.45, 7) is 2.03. The summed E-state index contributed by atoms with van der Waals surface area (Å²) in [4.78, 5) is 28.2. The summed E-state index contributed by atoms with van der Waals surface area (Å²) in [5.41, 5.74) is 5.02. The van der Waals surface area contributed by atoms with Crippen molar-refractivity contribution in [2.24, 2.45) is 4.99 Å². The highest BCUT2D eigenvalue weighted by atomic mass is 16.5. The Hall–Kier alpha value is -5.04. The van der Waals surface area contributed by atoms with Gasteiger partial charge in [0.05, 0.1) is 11.9 Å². The fourth-order valence-electron chi connectivity index (χ4n) is 3.99. The van der Waals surface area contributed by atoms with Gasteiger partial charge in [-0.15, -0.1) is 0 Å². The van der Waals surface area contributed by atoms with E-state index in [1.165, 1.54) is 6.33 Å². The summed E-state index contributed by atoms with van der Waals surface area (Å²) >= 11 is 0. The van der Waals surface area contributed by atoms with Crippen LogP contribution in [-0.4, -0.2) is 41.2 Å². The van der Waals surface area contributed by atoms with Gasteiger partial charge in [0.25, 0.3) is 5.91 Å². The summed E-state index contributed by atoms with van der Waals surface area (Å²) in [5.74, 6) is 1.86. The van der Waals surface area contributed by atoms with Crippen LogP contribution in [0.4, 0.5) is 11.5 Å². The highest BCUT2D eigenvalue weighted by molar-refractivity contribution is 6.05. The van der Waals surface area contributed by atoms with E-state index in [0.29, 0.717) is 22.8 Å². The summed E-state index contributed by atoms with van der Waals surface area (Å²) in [5, 5.41) is 3.82. The third kappa shape index (κ3) is 5.68. The molecule has 0 saturated carbocycles. The van der Waals surface area contributed by atoms with Gasteiger partial charge in [0, 0.05) is 30.7 Å². The third-order valence-electron chi connectivity index (χ3n) is 5.93. The molecule has 0 aliphatic carbocycles. The number of carbonyl (C=O) groups is 1. The summed E-state index contributed by atoms with van der Waals surface area (Å²) in [7, 11) is 3.82. The van der Waals surface area contributed by atoms with Gasteiger partial charge in [0.1, 0.15) is 17.8 Å². The molecule has 0 unspecified atom stereocenters. The van der Waals surface area contributed by atoms with E-state index in [1.807, 2.05) is 117 Å². The van der Waals surface area contributed by atoms with Gasteiger partial charge in [0.2, 0.25) is 0 Å². The van der Waals surface area contributed by atoms with E-state index in [2.05, 4.69) is 20.3 Å². The van der Waals surface area contributed by atoms with Gasteiger partial charge in [-0.3, -0.25) is 4.79 Å². The van der Waals surface area contributed by atoms with Crippen LogP contribution in [0.3, 0.4) is 0 Å². The molecule has 1 amide bonds. The molecule has 1 heterocycles. The summed E-state index contributed by atoms with van der Waals surface area (Å²) in [6.07, 6.45) is 3.23. The molecule has 0 spiro atoms. The number of benzene rings is 4. The molecule has 7 heteroatoms. The van der Waals surface area contributed by atoms with Crippen molar-refractivity contribution in [3.63, 3.8) is 0 Å². The number of nitrogens with one attached hydrogen (secondary N) is 1. The van der Waals surface area contributed by atoms with E-state index in [4.69, 9.17) is 4.74 Å². The summed E-state index contributed by atoms with van der Waals surface area (Å²) < 4.78 is 5.83. The molecule has 188 valence electrons. The van der Waals surface area contributed by atoms with Crippen molar-refractivity contribution in [2.45, 2.75) is 6.92 Å². The number of anilines is 1. The Kier molecular flexibility index (Phi) is 7.08. The minimum absolute atomic E-state index is 0.191. The van der Waals surface area contributed by atoms with Gasteiger partial charge in [-0.25, -0.2) is 15.0 Å². The lowest BCUT2D eigenvalue weighted by Crippen LogP contribution is -2.12. The molecular weight excluding hydrogens is 474 g/mol. The minimum Gasteiger partial charge on any atom is -0.457 e. The van der Waals surface area contributed by atoms with Crippen LogP contribution in [0.2, 0.25) is 0 Å². The van der Waals surface area contributed by atoms with E-state index >= 15 is 0 Å². The number of fused-ring (bicyclic) bond motifs is 1. The van der Waals surface area contributed by atoms with E-state index in [0.717, 1.165) is 33.3 Å². The van der Waals surface area contributed by atoms with Crippen molar-refractivity contribution in [1.29, 1.82) is 0 Å². The monoisotopic (exact) mass is 501 g/mol. The van der Waals surface area contributed by atoms with E-state index in [9.17, 15) is 4.79 Å². The highest BCUT2D eigenvalue weighted by Gasteiger charge is 2.12. The van der Waals surface area contributed by atoms with Crippen molar-refractivity contribution in [1.82, 2.24) is 14.9 Å². The third-order valence-corrected chi connectivity index (χ3v) is 5.93. The zero-order valence-corrected chi connectivity index (χ0v) is 21.4. The second-order valence-corrected chi connectivity index (χ2v) is 9.06. The van der Waals surface area contributed by atoms with Crippen LogP contribution in [0, 0.1) is 6.92 Å². The zero-order chi connectivity index (χ0) is 26.5. The Morgan fingerprint density at radius 2 is 1.66 bits per heavy atom. The molecule has 0 aliphatic rings. The standard InChI is InChI=1S/C31H27N5O2/c1-21-9-10-23(31(37)35-24-12-14-26(15-13-24)38-25-7-5-4-6-8-25)18-27(21)22-11-16-29-28(17-22)30(33-19-32-29)34-20-36(2)3/h4-20H,1-3H3,(H,35,37). The number of para-hydroxylation sites is 1. The molecule has 0 atom stereocenters. The molecule has 5 rings (SSSR count). The van der Waals surface area contributed by atoms with Gasteiger partial charge >= 0.3 is 0 Å². The Balaban J connectivity index is 1.38. The van der Waals surface area contributed by atoms with Gasteiger partial charge in [-0.2, -0.15) is 0 Å². The first kappa shape index (κ1) is 24.6. The normalized spacial score (nSPS) is 11.0. The average molecular weight is 502 g/mol. The second-order valence-electron chi connectivity index (χ2n) is 9.06. The lowest BCUT2D eigenvalue weighted by Gasteiger charge is -2.12. The molecule has 7 nitrogen and oxygen atoms in total. The van der Waals surface area contributed by atoms with Crippen LogP contribution in [0.1, 0.15) is 15.9 Å². The first-order valence-electron chi connectivity index (χ1n) is 12.2. The van der Waals surface area contributed by atoms with E-state index in [1.54, 1.807) is 6.34 Å². The number of hydrogen-bond acceptors (Lipinski definition) is 5. The van der Waals surface area contributed by atoms with Crippen LogP contribution < -0.4 is 10.1 Å². The molecule has 0 fully saturated rings. The quantitative estimate of drug-likeness (QED) is 0.194. The lowest BCUT2D eigenvalue weighted by atomic mass is 9.96. The van der Waals surface area contributed by atoms with Crippen LogP contribution in [0.25, 0.3) is 22.0 Å². The van der Waals surface area contributed by atoms with Crippen molar-refractivity contribution < 1.29 is 9.53 Å². The molecular formula is C31H27N5O2. The zero-order valence-electron chi connectivity index (χ0n) is 21.4. The molecule has 0 bridgehead atoms. The minimum atomic E-state index is -0.191. The van der Waals surface area contributed by atoms with Crippen molar-refractivity contribution in [3.05, 3.63) is 108 Å². The molecule has 38 heavy (non-hydrogen) atoms. The lowest BCUT2D eigenvalue weighted by molar-refractivity contribution is 0.102. The van der Waals surface area contributed by atoms with Gasteiger partial charge < -0.3 is 15.0 Å². The predicted octanol–water partition coefficient (Wildman–Crippen LogP) is 6.87. The maximum atomic E-state index is 13.1. The number of aliphatic imine (C=N–C) groups is 1. The molecule has 0 radical (unpaired) electrons. The van der Waals surface area contributed by atoms with E-state index in [-0.39, 0.29) is 5.91 Å². The van der Waals surface area contributed by atoms with Crippen LogP contribution in [-0.2, 0) is 0 Å². The summed E-state index contributed by atoms with van der Waals surface area (Å²) in [6, 6.07) is 28.5. The topological polar surface area (TPSA) is 79.7 Å². The predicted molar refractivity (Wildman–Crippen MR) is 152 cm³/mol. The molecule has 4 aromatic carbocycles. The van der Waals surface area contributed by atoms with Crippen molar-refractivity contribution >= 4 is 34.7 Å². The van der Waals surface area contributed by atoms with Crippen LogP contribution in [0.5, 0.6) is 11.5 Å². The van der Waals surface area contributed by atoms with Crippen molar-refractivity contribution in [2.75, 3.05) is 19.4 Å². The molecule has 1 N–H and O–H groups in total. The Labute approximate surface area is 221 Å². The number of ether oxygens (including phenoxy) is 1. The number of amides is 1. The van der Waals surface area contributed by atoms with Gasteiger partial charge in [-0.1, -0.05) is 30.3 Å². The first-order chi connectivity index (χ1) is 18.5. The maximum Gasteiger partial charge on any atom is 0.255 e. The maximum absolute atomic E-state index is 13.1. The smallest absolute Gasteiger partial charge is 0.255 e. The fourth-order valence-corrected chi connectivity index (χ4v) is 3.99. The SMILES string of the molecule is Cc1ccc(C(=O)Nc2ccc(Oc3ccccc3)cc2)cc1-c1ccc2ncnc(N=CN(C)C)c2c1. The van der Waals surface area contributed by atoms with Crippen LogP contribution >= 0.6 is 0 Å². The largest absolute Gasteiger partial charge is 0.457 e. The first-order valence-corrected chi connectivity index (χ1v) is 12.2. The Bertz CT molecular complexity index is 1610. The molecule has 0 saturated heterocycles. The molecule has 5 aromatic rings. The fraction of sp³-hybridized carbons (Fsp3) is 0.0968. The van der Waals surface area contributed by atoms with E-state index < -0.39 is 0 Å². The van der Waals surface area contributed by atoms with Gasteiger partial charge in [-0.05, 0) is 84.3 Å². The second kappa shape index (κ2) is 10.9. The number of nitrogens with zero attached hydrogens (tertiary/aromatic N) is 4. The van der Waals surface area contributed by atoms with Gasteiger partial charge in [0.15, 0.2) is 5.82 Å². The Morgan fingerprint density at radius 1 is 0.895 bits per heavy atom. The van der Waals surface area contributed by atoms with Crippen LogP contribution in [0.15, 0.2) is 102 Å². The Morgan fingerprint density at radius 3 is 2.42 bits per heavy atom. The number of carbonyl (C=O) groups excluding carboxylic acids is 1. The number of aryl methyl sites for hydroxylation is 1. The number of hydrogen-bond donors (Lipinski definition) is 1. The van der Waals surface area contributed by atoms with Crippen molar-refractivity contribution in [3.8, 4) is 22.6 Å². The highest BCUT2D eigenvalue weighted by Crippen LogP contribution is 2.31. The number of aromatic nitrogens is 2.